The minimum Gasteiger partial charge on any atom is -0.481 e. The first-order chi connectivity index (χ1) is 11.0. The maximum absolute atomic E-state index is 12.0. The summed E-state index contributed by atoms with van der Waals surface area (Å²) in [6.45, 7) is 1.20. The molecule has 4 atom stereocenters. The van der Waals surface area contributed by atoms with Crippen LogP contribution in [0.2, 0.25) is 0 Å². The number of hydrogen-bond acceptors (Lipinski definition) is 7. The van der Waals surface area contributed by atoms with Gasteiger partial charge in [0.25, 0.3) is 0 Å². The summed E-state index contributed by atoms with van der Waals surface area (Å²) in [4.78, 5) is 55.9. The standard InChI is InChI=1S/C12H19N3O9/c1-4(16)9(13)11(22)14-5(2-7(17)18)10(21)15-6(12(23)24)3-8(19)20/h4-6,9,16H,2-3,13H2,1H3,(H,14,22)(H,15,21)(H,17,18)(H,19,20)(H,23,24)/t4-,5+,6+,9+/m1/s1. The van der Waals surface area contributed by atoms with E-state index in [0.717, 1.165) is 0 Å². The number of amides is 2. The highest BCUT2D eigenvalue weighted by Gasteiger charge is 2.31. The average molecular weight is 349 g/mol. The van der Waals surface area contributed by atoms with Gasteiger partial charge < -0.3 is 36.8 Å². The minimum absolute atomic E-state index is 0.899. The van der Waals surface area contributed by atoms with Crippen LogP contribution in [-0.2, 0) is 24.0 Å². The van der Waals surface area contributed by atoms with Gasteiger partial charge in [0.1, 0.15) is 18.1 Å². The lowest BCUT2D eigenvalue weighted by Gasteiger charge is -2.22. The normalized spacial score (nSPS) is 15.5. The SMILES string of the molecule is C[C@@H](O)[C@H](N)C(=O)N[C@@H](CC(=O)O)C(=O)N[C@@H](CC(=O)O)C(=O)O. The first-order valence-electron chi connectivity index (χ1n) is 6.66. The second-order valence-corrected chi connectivity index (χ2v) is 4.92. The fourth-order valence-corrected chi connectivity index (χ4v) is 1.52. The Morgan fingerprint density at radius 2 is 1.29 bits per heavy atom. The number of carboxylic acids is 3. The summed E-state index contributed by atoms with van der Waals surface area (Å²) in [5, 5.41) is 39.2. The van der Waals surface area contributed by atoms with Gasteiger partial charge in [-0.25, -0.2) is 4.79 Å². The zero-order chi connectivity index (χ0) is 19.0. The van der Waals surface area contributed by atoms with Crippen LogP contribution in [0, 0.1) is 0 Å². The van der Waals surface area contributed by atoms with E-state index in [9.17, 15) is 29.1 Å². The Hall–Kier alpha value is -2.73. The number of aliphatic carboxylic acids is 3. The molecule has 12 nitrogen and oxygen atoms in total. The highest BCUT2D eigenvalue weighted by molar-refractivity contribution is 5.94. The number of nitrogens with one attached hydrogen (secondary N) is 2. The van der Waals surface area contributed by atoms with Gasteiger partial charge in [-0.1, -0.05) is 0 Å². The molecule has 0 aromatic rings. The molecule has 0 unspecified atom stereocenters. The van der Waals surface area contributed by atoms with Gasteiger partial charge in [0, 0.05) is 0 Å². The van der Waals surface area contributed by atoms with Crippen molar-refractivity contribution in [3.05, 3.63) is 0 Å². The van der Waals surface area contributed by atoms with E-state index in [0.29, 0.717) is 0 Å². The molecule has 136 valence electrons. The molecular weight excluding hydrogens is 330 g/mol. The number of carbonyl (C=O) groups excluding carboxylic acids is 2. The molecule has 0 aliphatic carbocycles. The Morgan fingerprint density at radius 3 is 1.67 bits per heavy atom. The van der Waals surface area contributed by atoms with Gasteiger partial charge in [-0.05, 0) is 6.92 Å². The zero-order valence-corrected chi connectivity index (χ0v) is 12.6. The number of rotatable bonds is 10. The largest absolute Gasteiger partial charge is 0.481 e. The molecule has 2 amide bonds. The quantitative estimate of drug-likeness (QED) is 0.208. The number of aliphatic hydroxyl groups is 1. The summed E-state index contributed by atoms with van der Waals surface area (Å²) in [7, 11) is 0. The maximum atomic E-state index is 12.0. The lowest BCUT2D eigenvalue weighted by Crippen LogP contribution is -2.57. The lowest BCUT2D eigenvalue weighted by molar-refractivity contribution is -0.148. The fraction of sp³-hybridized carbons (Fsp3) is 0.583. The third-order valence-corrected chi connectivity index (χ3v) is 2.83. The Morgan fingerprint density at radius 1 is 0.875 bits per heavy atom. The van der Waals surface area contributed by atoms with Crippen LogP contribution in [0.5, 0.6) is 0 Å². The van der Waals surface area contributed by atoms with Gasteiger partial charge in [-0.2, -0.15) is 0 Å². The van der Waals surface area contributed by atoms with Crippen molar-refractivity contribution >= 4 is 29.7 Å². The van der Waals surface area contributed by atoms with E-state index in [1.165, 1.54) is 6.92 Å². The first kappa shape index (κ1) is 21.3. The van der Waals surface area contributed by atoms with Crippen LogP contribution in [0.4, 0.5) is 0 Å². The van der Waals surface area contributed by atoms with Crippen molar-refractivity contribution < 1.29 is 44.4 Å². The summed E-state index contributed by atoms with van der Waals surface area (Å²) in [5.41, 5.74) is 5.34. The molecule has 0 aromatic heterocycles. The van der Waals surface area contributed by atoms with Crippen LogP contribution in [0.3, 0.4) is 0 Å². The lowest BCUT2D eigenvalue weighted by atomic mass is 10.1. The molecular formula is C12H19N3O9. The molecule has 12 heteroatoms. The van der Waals surface area contributed by atoms with E-state index in [-0.39, 0.29) is 0 Å². The molecule has 0 saturated carbocycles. The second-order valence-electron chi connectivity index (χ2n) is 4.92. The minimum atomic E-state index is -1.81. The van der Waals surface area contributed by atoms with Crippen molar-refractivity contribution in [3.63, 3.8) is 0 Å². The maximum Gasteiger partial charge on any atom is 0.326 e. The molecule has 0 fully saturated rings. The summed E-state index contributed by atoms with van der Waals surface area (Å²) in [5.74, 6) is -6.87. The summed E-state index contributed by atoms with van der Waals surface area (Å²) < 4.78 is 0. The molecule has 0 spiro atoms. The van der Waals surface area contributed by atoms with Gasteiger partial charge in [0.2, 0.25) is 11.8 Å². The summed E-state index contributed by atoms with van der Waals surface area (Å²) >= 11 is 0. The van der Waals surface area contributed by atoms with Crippen molar-refractivity contribution in [2.75, 3.05) is 0 Å². The van der Waals surface area contributed by atoms with Crippen LogP contribution in [0.1, 0.15) is 19.8 Å². The van der Waals surface area contributed by atoms with Crippen molar-refractivity contribution in [3.8, 4) is 0 Å². The first-order valence-corrected chi connectivity index (χ1v) is 6.66. The smallest absolute Gasteiger partial charge is 0.326 e. The van der Waals surface area contributed by atoms with Gasteiger partial charge in [-0.15, -0.1) is 0 Å². The summed E-state index contributed by atoms with van der Waals surface area (Å²) in [6, 6.07) is -4.95. The second kappa shape index (κ2) is 9.42. The number of aliphatic hydroxyl groups excluding tert-OH is 1. The number of carboxylic acid groups (broad SMARTS) is 3. The predicted molar refractivity (Wildman–Crippen MR) is 75.7 cm³/mol. The van der Waals surface area contributed by atoms with Crippen LogP contribution < -0.4 is 16.4 Å². The number of hydrogen-bond donors (Lipinski definition) is 7. The molecule has 0 aliphatic rings. The molecule has 24 heavy (non-hydrogen) atoms. The molecule has 8 N–H and O–H groups in total. The van der Waals surface area contributed by atoms with Crippen LogP contribution in [0.25, 0.3) is 0 Å². The van der Waals surface area contributed by atoms with E-state index < -0.39 is 66.8 Å². The third-order valence-electron chi connectivity index (χ3n) is 2.83. The topological polar surface area (TPSA) is 216 Å². The van der Waals surface area contributed by atoms with Crippen LogP contribution in [-0.4, -0.2) is 74.4 Å². The Balaban J connectivity index is 5.11. The molecule has 0 heterocycles. The van der Waals surface area contributed by atoms with Crippen molar-refractivity contribution in [1.29, 1.82) is 0 Å². The van der Waals surface area contributed by atoms with Gasteiger partial charge >= 0.3 is 17.9 Å². The van der Waals surface area contributed by atoms with Crippen LogP contribution in [0.15, 0.2) is 0 Å². The highest BCUT2D eigenvalue weighted by atomic mass is 16.4. The van der Waals surface area contributed by atoms with E-state index in [1.54, 1.807) is 0 Å². The van der Waals surface area contributed by atoms with E-state index in [4.69, 9.17) is 21.1 Å². The van der Waals surface area contributed by atoms with E-state index in [1.807, 2.05) is 10.6 Å². The number of carbonyl (C=O) groups is 5. The number of nitrogens with two attached hydrogens (primary N) is 1. The molecule has 0 aromatic carbocycles. The van der Waals surface area contributed by atoms with Crippen molar-refractivity contribution in [2.24, 2.45) is 5.73 Å². The third kappa shape index (κ3) is 7.51. The van der Waals surface area contributed by atoms with Crippen molar-refractivity contribution in [2.45, 2.75) is 44.0 Å². The summed E-state index contributed by atoms with van der Waals surface area (Å²) in [6.07, 6.45) is -3.12. The molecule has 0 radical (unpaired) electrons. The molecule has 0 rings (SSSR count). The van der Waals surface area contributed by atoms with Gasteiger partial charge in [0.15, 0.2) is 0 Å². The van der Waals surface area contributed by atoms with Gasteiger partial charge in [0.05, 0.1) is 18.9 Å². The Labute approximate surface area is 135 Å². The Kier molecular flexibility index (Phi) is 8.35. The molecule has 0 saturated heterocycles. The van der Waals surface area contributed by atoms with E-state index in [2.05, 4.69) is 0 Å². The predicted octanol–water partition coefficient (Wildman–Crippen LogP) is -3.30. The fourth-order valence-electron chi connectivity index (χ4n) is 1.52. The van der Waals surface area contributed by atoms with Crippen molar-refractivity contribution in [1.82, 2.24) is 10.6 Å². The molecule has 0 bridgehead atoms. The Bertz CT molecular complexity index is 520. The zero-order valence-electron chi connectivity index (χ0n) is 12.6. The van der Waals surface area contributed by atoms with E-state index >= 15 is 0 Å². The monoisotopic (exact) mass is 349 g/mol. The van der Waals surface area contributed by atoms with Crippen LogP contribution >= 0.6 is 0 Å². The highest BCUT2D eigenvalue weighted by Crippen LogP contribution is 2.00. The average Bonchev–Trinajstić information content (AvgIpc) is 2.43. The van der Waals surface area contributed by atoms with Gasteiger partial charge in [-0.3, -0.25) is 19.2 Å². The molecule has 0 aliphatic heterocycles.